The predicted molar refractivity (Wildman–Crippen MR) is 85.5 cm³/mol. The summed E-state index contributed by atoms with van der Waals surface area (Å²) in [7, 11) is 0. The Morgan fingerprint density at radius 1 is 1.24 bits per heavy atom. The summed E-state index contributed by atoms with van der Waals surface area (Å²) >= 11 is 1.24. The smallest absolute Gasteiger partial charge is 0.191 e. The van der Waals surface area contributed by atoms with Gasteiger partial charge in [-0.05, 0) is 26.8 Å². The predicted octanol–water partition coefficient (Wildman–Crippen LogP) is 2.05. The SMILES string of the molecule is CCn1c(C)cc(C(=O)CSc2nc(N)cc(N)n2)c1C. The monoisotopic (exact) mass is 305 g/mol. The van der Waals surface area contributed by atoms with Crippen molar-refractivity contribution in [2.24, 2.45) is 0 Å². The quantitative estimate of drug-likeness (QED) is 0.498. The second-order valence-electron chi connectivity index (χ2n) is 4.74. The number of nitrogens with two attached hydrogens (primary N) is 2. The van der Waals surface area contributed by atoms with E-state index in [1.165, 1.54) is 17.8 Å². The Morgan fingerprint density at radius 3 is 2.38 bits per heavy atom. The minimum absolute atomic E-state index is 0.0531. The number of aromatic nitrogens is 3. The van der Waals surface area contributed by atoms with Gasteiger partial charge in [-0.2, -0.15) is 0 Å². The third kappa shape index (κ3) is 3.36. The lowest BCUT2D eigenvalue weighted by molar-refractivity contribution is 0.102. The molecule has 2 heterocycles. The summed E-state index contributed by atoms with van der Waals surface area (Å²) in [6, 6.07) is 3.41. The molecular formula is C14H19N5OS. The molecule has 0 saturated carbocycles. The van der Waals surface area contributed by atoms with E-state index in [0.717, 1.165) is 23.5 Å². The highest BCUT2D eigenvalue weighted by Gasteiger charge is 2.16. The Balaban J connectivity index is 2.12. The number of Topliss-reactive ketones (excluding diaryl/α,β-unsaturated/α-hetero) is 1. The van der Waals surface area contributed by atoms with Crippen LogP contribution in [0.5, 0.6) is 0 Å². The van der Waals surface area contributed by atoms with E-state index in [4.69, 9.17) is 11.5 Å². The summed E-state index contributed by atoms with van der Waals surface area (Å²) in [6.45, 7) is 6.88. The molecule has 0 radical (unpaired) electrons. The fraction of sp³-hybridized carbons (Fsp3) is 0.357. The normalized spacial score (nSPS) is 10.8. The van der Waals surface area contributed by atoms with Crippen molar-refractivity contribution in [1.29, 1.82) is 0 Å². The van der Waals surface area contributed by atoms with E-state index in [1.54, 1.807) is 0 Å². The number of carbonyl (C=O) groups is 1. The molecule has 0 saturated heterocycles. The molecule has 21 heavy (non-hydrogen) atoms. The molecule has 0 fully saturated rings. The second-order valence-corrected chi connectivity index (χ2v) is 5.68. The molecule has 0 aliphatic rings. The number of ketones is 1. The first-order valence-electron chi connectivity index (χ1n) is 6.65. The van der Waals surface area contributed by atoms with Crippen LogP contribution in [0.3, 0.4) is 0 Å². The highest BCUT2D eigenvalue weighted by Crippen LogP contribution is 2.21. The Bertz CT molecular complexity index is 660. The van der Waals surface area contributed by atoms with E-state index in [0.29, 0.717) is 16.8 Å². The lowest BCUT2D eigenvalue weighted by Gasteiger charge is -2.05. The first-order valence-corrected chi connectivity index (χ1v) is 7.63. The molecule has 0 unspecified atom stereocenters. The van der Waals surface area contributed by atoms with Gasteiger partial charge in [0.1, 0.15) is 11.6 Å². The van der Waals surface area contributed by atoms with Gasteiger partial charge < -0.3 is 16.0 Å². The molecule has 0 aliphatic carbocycles. The Labute approximate surface area is 128 Å². The summed E-state index contributed by atoms with van der Waals surface area (Å²) < 4.78 is 2.12. The van der Waals surface area contributed by atoms with E-state index in [9.17, 15) is 4.79 Å². The van der Waals surface area contributed by atoms with Gasteiger partial charge in [-0.15, -0.1) is 0 Å². The van der Waals surface area contributed by atoms with E-state index >= 15 is 0 Å². The van der Waals surface area contributed by atoms with E-state index in [2.05, 4.69) is 21.5 Å². The van der Waals surface area contributed by atoms with Crippen LogP contribution in [0.2, 0.25) is 0 Å². The largest absolute Gasteiger partial charge is 0.383 e. The summed E-state index contributed by atoms with van der Waals surface area (Å²) in [5, 5.41) is 0.421. The highest BCUT2D eigenvalue weighted by molar-refractivity contribution is 7.99. The molecule has 6 nitrogen and oxygen atoms in total. The van der Waals surface area contributed by atoms with Gasteiger partial charge in [0, 0.05) is 29.6 Å². The fourth-order valence-corrected chi connectivity index (χ4v) is 3.06. The topological polar surface area (TPSA) is 99.8 Å². The molecule has 0 atom stereocenters. The zero-order valence-electron chi connectivity index (χ0n) is 12.4. The third-order valence-electron chi connectivity index (χ3n) is 3.27. The van der Waals surface area contributed by atoms with Crippen LogP contribution in [-0.4, -0.2) is 26.1 Å². The molecule has 2 rings (SSSR count). The number of rotatable bonds is 5. The molecule has 0 amide bonds. The molecule has 4 N–H and O–H groups in total. The van der Waals surface area contributed by atoms with Crippen LogP contribution in [0.25, 0.3) is 0 Å². The van der Waals surface area contributed by atoms with Crippen molar-refractivity contribution in [1.82, 2.24) is 14.5 Å². The maximum absolute atomic E-state index is 12.3. The maximum atomic E-state index is 12.3. The number of carbonyl (C=O) groups excluding carboxylic acids is 1. The highest BCUT2D eigenvalue weighted by atomic mass is 32.2. The Hall–Kier alpha value is -2.02. The number of thioether (sulfide) groups is 1. The van der Waals surface area contributed by atoms with Gasteiger partial charge in [0.15, 0.2) is 10.9 Å². The zero-order chi connectivity index (χ0) is 15.6. The zero-order valence-corrected chi connectivity index (χ0v) is 13.2. The average Bonchev–Trinajstić information content (AvgIpc) is 2.70. The number of nitrogens with zero attached hydrogens (tertiary/aromatic N) is 3. The van der Waals surface area contributed by atoms with Gasteiger partial charge >= 0.3 is 0 Å². The maximum Gasteiger partial charge on any atom is 0.191 e. The van der Waals surface area contributed by atoms with Gasteiger partial charge in [-0.25, -0.2) is 9.97 Å². The van der Waals surface area contributed by atoms with Gasteiger partial charge in [0.2, 0.25) is 0 Å². The Morgan fingerprint density at radius 2 is 1.86 bits per heavy atom. The summed E-state index contributed by atoms with van der Waals surface area (Å²) in [5.74, 6) is 0.928. The Kier molecular flexibility index (Phi) is 4.52. The number of nitrogen functional groups attached to an aromatic ring is 2. The van der Waals surface area contributed by atoms with Crippen LogP contribution in [0, 0.1) is 13.8 Å². The van der Waals surface area contributed by atoms with Crippen LogP contribution in [0.15, 0.2) is 17.3 Å². The van der Waals surface area contributed by atoms with Crippen LogP contribution >= 0.6 is 11.8 Å². The molecule has 0 spiro atoms. The first kappa shape index (κ1) is 15.4. The fourth-order valence-electron chi connectivity index (χ4n) is 2.30. The summed E-state index contributed by atoms with van der Waals surface area (Å²) in [4.78, 5) is 20.4. The minimum Gasteiger partial charge on any atom is -0.383 e. The molecule has 2 aromatic heterocycles. The number of aryl methyl sites for hydroxylation is 1. The van der Waals surface area contributed by atoms with Crippen molar-refractivity contribution in [3.05, 3.63) is 29.1 Å². The van der Waals surface area contributed by atoms with E-state index in [1.807, 2.05) is 19.9 Å². The van der Waals surface area contributed by atoms with Crippen molar-refractivity contribution in [3.63, 3.8) is 0 Å². The van der Waals surface area contributed by atoms with Gasteiger partial charge in [-0.1, -0.05) is 11.8 Å². The van der Waals surface area contributed by atoms with Gasteiger partial charge in [0.25, 0.3) is 0 Å². The molecule has 0 aliphatic heterocycles. The standard InChI is InChI=1S/C14H19N5OS/c1-4-19-8(2)5-10(9(19)3)11(20)7-21-14-17-12(15)6-13(16)18-14/h5-6H,4,7H2,1-3H3,(H4,15,16,17,18). The number of hydrogen-bond donors (Lipinski definition) is 2. The van der Waals surface area contributed by atoms with E-state index in [-0.39, 0.29) is 11.5 Å². The molecule has 2 aromatic rings. The van der Waals surface area contributed by atoms with Gasteiger partial charge in [-0.3, -0.25) is 4.79 Å². The first-order chi connectivity index (χ1) is 9.92. The van der Waals surface area contributed by atoms with Crippen molar-refractivity contribution >= 4 is 29.2 Å². The lowest BCUT2D eigenvalue weighted by Crippen LogP contribution is -2.07. The number of anilines is 2. The number of hydrogen-bond acceptors (Lipinski definition) is 6. The lowest BCUT2D eigenvalue weighted by atomic mass is 10.2. The molecular weight excluding hydrogens is 286 g/mol. The summed E-state index contributed by atoms with van der Waals surface area (Å²) in [6.07, 6.45) is 0. The summed E-state index contributed by atoms with van der Waals surface area (Å²) in [5.41, 5.74) is 14.1. The van der Waals surface area contributed by atoms with Gasteiger partial charge in [0.05, 0.1) is 5.75 Å². The van der Waals surface area contributed by atoms with Crippen molar-refractivity contribution in [2.75, 3.05) is 17.2 Å². The van der Waals surface area contributed by atoms with Crippen molar-refractivity contribution in [3.8, 4) is 0 Å². The molecule has 0 aromatic carbocycles. The van der Waals surface area contributed by atoms with Crippen molar-refractivity contribution in [2.45, 2.75) is 32.5 Å². The minimum atomic E-state index is 0.0531. The second kappa shape index (κ2) is 6.17. The molecule has 0 bridgehead atoms. The van der Waals surface area contributed by atoms with Crippen LogP contribution < -0.4 is 11.5 Å². The molecule has 7 heteroatoms. The van der Waals surface area contributed by atoms with Crippen LogP contribution in [0.4, 0.5) is 11.6 Å². The van der Waals surface area contributed by atoms with E-state index < -0.39 is 0 Å². The van der Waals surface area contributed by atoms with Crippen LogP contribution in [0.1, 0.15) is 28.7 Å². The molecule has 112 valence electrons. The average molecular weight is 305 g/mol. The van der Waals surface area contributed by atoms with Crippen molar-refractivity contribution < 1.29 is 4.79 Å². The van der Waals surface area contributed by atoms with Crippen LogP contribution in [-0.2, 0) is 6.54 Å². The third-order valence-corrected chi connectivity index (χ3v) is 4.12.